The number of hydrogen-bond acceptors (Lipinski definition) is 6. The van der Waals surface area contributed by atoms with Crippen LogP contribution in [0.25, 0.3) is 10.9 Å². The van der Waals surface area contributed by atoms with Crippen molar-refractivity contribution < 1.29 is 9.42 Å². The molecule has 3 N–H and O–H groups in total. The second-order valence-corrected chi connectivity index (χ2v) is 4.90. The predicted octanol–water partition coefficient (Wildman–Crippen LogP) is 2.21. The molecule has 0 aliphatic rings. The summed E-state index contributed by atoms with van der Waals surface area (Å²) >= 11 is 3.35. The minimum Gasteiger partial charge on any atom is -0.379 e. The molecule has 0 unspecified atom stereocenters. The molecule has 8 heteroatoms. The van der Waals surface area contributed by atoms with Crippen LogP contribution in [0.2, 0.25) is 0 Å². The predicted molar refractivity (Wildman–Crippen MR) is 76.1 cm³/mol. The van der Waals surface area contributed by atoms with Gasteiger partial charge in [0.25, 0.3) is 5.91 Å². The summed E-state index contributed by atoms with van der Waals surface area (Å²) in [5.41, 5.74) is 6.64. The van der Waals surface area contributed by atoms with Crippen molar-refractivity contribution in [3.05, 3.63) is 40.6 Å². The van der Waals surface area contributed by atoms with Crippen LogP contribution in [0.15, 0.2) is 39.6 Å². The maximum atomic E-state index is 12.0. The number of pyridine rings is 1. The molecule has 0 saturated heterocycles. The lowest BCUT2D eigenvalue weighted by atomic mass is 10.2. The first-order chi connectivity index (χ1) is 9.65. The lowest BCUT2D eigenvalue weighted by Crippen LogP contribution is -2.14. The van der Waals surface area contributed by atoms with E-state index in [0.29, 0.717) is 11.2 Å². The number of nitrogens with zero attached hydrogens (tertiary/aromatic N) is 3. The van der Waals surface area contributed by atoms with Crippen molar-refractivity contribution in [2.24, 2.45) is 0 Å². The average molecular weight is 334 g/mol. The number of nitrogen functional groups attached to an aromatic ring is 1. The molecule has 0 radical (unpaired) electrons. The van der Waals surface area contributed by atoms with Gasteiger partial charge in [-0.05, 0) is 38.4 Å². The molecule has 100 valence electrons. The molecule has 2 aromatic heterocycles. The molecule has 20 heavy (non-hydrogen) atoms. The fraction of sp³-hybridized carbons (Fsp3) is 0. The molecule has 0 bridgehead atoms. The van der Waals surface area contributed by atoms with Crippen LogP contribution in [0.3, 0.4) is 0 Å². The normalized spacial score (nSPS) is 10.7. The lowest BCUT2D eigenvalue weighted by molar-refractivity contribution is 0.101. The van der Waals surface area contributed by atoms with Gasteiger partial charge in [-0.3, -0.25) is 9.78 Å². The molecule has 0 fully saturated rings. The summed E-state index contributed by atoms with van der Waals surface area (Å²) in [6, 6.07) is 7.36. The van der Waals surface area contributed by atoms with E-state index in [-0.39, 0.29) is 11.5 Å². The number of carbonyl (C=O) groups is 1. The van der Waals surface area contributed by atoms with Gasteiger partial charge < -0.3 is 11.1 Å². The van der Waals surface area contributed by atoms with Gasteiger partial charge in [0.1, 0.15) is 0 Å². The monoisotopic (exact) mass is 333 g/mol. The zero-order valence-electron chi connectivity index (χ0n) is 10.0. The Morgan fingerprint density at radius 1 is 1.35 bits per heavy atom. The third-order valence-corrected chi connectivity index (χ3v) is 3.09. The van der Waals surface area contributed by atoms with Gasteiger partial charge in [0.05, 0.1) is 11.2 Å². The van der Waals surface area contributed by atoms with Gasteiger partial charge in [-0.15, -0.1) is 0 Å². The van der Waals surface area contributed by atoms with Crippen LogP contribution in [-0.4, -0.2) is 21.2 Å². The SMILES string of the molecule is Nc1nonc1C(=O)Nc1cccc2cc(Br)cnc12. The molecule has 0 aliphatic heterocycles. The van der Waals surface area contributed by atoms with Crippen molar-refractivity contribution in [2.75, 3.05) is 11.1 Å². The molecule has 0 saturated carbocycles. The molecule has 3 aromatic rings. The summed E-state index contributed by atoms with van der Waals surface area (Å²) in [6.07, 6.45) is 1.66. The van der Waals surface area contributed by atoms with Gasteiger partial charge in [-0.1, -0.05) is 12.1 Å². The first-order valence-corrected chi connectivity index (χ1v) is 6.38. The Labute approximate surface area is 121 Å². The van der Waals surface area contributed by atoms with E-state index in [0.717, 1.165) is 9.86 Å². The van der Waals surface area contributed by atoms with Gasteiger partial charge in [-0.2, -0.15) is 0 Å². The van der Waals surface area contributed by atoms with E-state index in [9.17, 15) is 4.79 Å². The Morgan fingerprint density at radius 2 is 2.20 bits per heavy atom. The molecule has 0 atom stereocenters. The number of benzene rings is 1. The highest BCUT2D eigenvalue weighted by molar-refractivity contribution is 9.10. The number of hydrogen-bond donors (Lipinski definition) is 2. The fourth-order valence-corrected chi connectivity index (χ4v) is 2.12. The first-order valence-electron chi connectivity index (χ1n) is 5.59. The van der Waals surface area contributed by atoms with E-state index in [4.69, 9.17) is 5.73 Å². The van der Waals surface area contributed by atoms with Crippen molar-refractivity contribution in [3.8, 4) is 0 Å². The van der Waals surface area contributed by atoms with E-state index >= 15 is 0 Å². The molecular weight excluding hydrogens is 326 g/mol. The smallest absolute Gasteiger partial charge is 0.281 e. The van der Waals surface area contributed by atoms with Crippen LogP contribution in [0.5, 0.6) is 0 Å². The third kappa shape index (κ3) is 2.21. The summed E-state index contributed by atoms with van der Waals surface area (Å²) in [7, 11) is 0. The third-order valence-electron chi connectivity index (χ3n) is 2.65. The molecular formula is C12H8BrN5O2. The van der Waals surface area contributed by atoms with Crippen LogP contribution in [0.4, 0.5) is 11.5 Å². The van der Waals surface area contributed by atoms with Gasteiger partial charge in [0.15, 0.2) is 0 Å². The average Bonchev–Trinajstić information content (AvgIpc) is 2.85. The number of carbonyl (C=O) groups excluding carboxylic acids is 1. The Balaban J connectivity index is 1.99. The summed E-state index contributed by atoms with van der Waals surface area (Å²) in [5.74, 6) is -0.556. The van der Waals surface area contributed by atoms with Crippen molar-refractivity contribution in [3.63, 3.8) is 0 Å². The summed E-state index contributed by atoms with van der Waals surface area (Å²) < 4.78 is 5.26. The van der Waals surface area contributed by atoms with E-state index in [1.807, 2.05) is 18.2 Å². The summed E-state index contributed by atoms with van der Waals surface area (Å²) in [4.78, 5) is 16.3. The van der Waals surface area contributed by atoms with Crippen molar-refractivity contribution in [1.29, 1.82) is 0 Å². The van der Waals surface area contributed by atoms with Crippen LogP contribution in [-0.2, 0) is 0 Å². The molecule has 0 aliphatic carbocycles. The van der Waals surface area contributed by atoms with E-state index < -0.39 is 5.91 Å². The number of nitrogens with one attached hydrogen (secondary N) is 1. The van der Waals surface area contributed by atoms with Crippen LogP contribution in [0, 0.1) is 0 Å². The highest BCUT2D eigenvalue weighted by atomic mass is 79.9. The number of nitrogens with two attached hydrogens (primary N) is 1. The molecule has 1 amide bonds. The standard InChI is InChI=1S/C12H8BrN5O2/c13-7-4-6-2-1-3-8(9(6)15-5-7)16-12(19)10-11(14)18-20-17-10/h1-5H,(H2,14,18)(H,16,19). The first kappa shape index (κ1) is 12.5. The minimum atomic E-state index is -0.499. The van der Waals surface area contributed by atoms with E-state index in [2.05, 4.69) is 41.2 Å². The molecule has 3 rings (SSSR count). The maximum absolute atomic E-state index is 12.0. The highest BCUT2D eigenvalue weighted by Gasteiger charge is 2.17. The minimum absolute atomic E-state index is 0.0564. The van der Waals surface area contributed by atoms with Crippen LogP contribution < -0.4 is 11.1 Å². The van der Waals surface area contributed by atoms with Gasteiger partial charge >= 0.3 is 0 Å². The largest absolute Gasteiger partial charge is 0.379 e. The number of fused-ring (bicyclic) bond motifs is 1. The zero-order chi connectivity index (χ0) is 14.1. The molecule has 0 spiro atoms. The Bertz CT molecular complexity index is 801. The number of halogens is 1. The molecule has 1 aromatic carbocycles. The summed E-state index contributed by atoms with van der Waals surface area (Å²) in [5, 5.41) is 10.4. The van der Waals surface area contributed by atoms with Gasteiger partial charge in [0, 0.05) is 16.1 Å². The highest BCUT2D eigenvalue weighted by Crippen LogP contribution is 2.24. The van der Waals surface area contributed by atoms with Gasteiger partial charge in [0.2, 0.25) is 11.5 Å². The quantitative estimate of drug-likeness (QED) is 0.744. The summed E-state index contributed by atoms with van der Waals surface area (Å²) in [6.45, 7) is 0. The van der Waals surface area contributed by atoms with Gasteiger partial charge in [-0.25, -0.2) is 4.63 Å². The Hall–Kier alpha value is -2.48. The second kappa shape index (κ2) is 4.89. The Kier molecular flexibility index (Phi) is 3.07. The molecule has 2 heterocycles. The number of para-hydroxylation sites is 1. The Morgan fingerprint density at radius 3 is 2.95 bits per heavy atom. The zero-order valence-corrected chi connectivity index (χ0v) is 11.6. The number of amides is 1. The number of rotatable bonds is 2. The van der Waals surface area contributed by atoms with E-state index in [1.54, 1.807) is 12.3 Å². The fourth-order valence-electron chi connectivity index (χ4n) is 1.77. The second-order valence-electron chi connectivity index (χ2n) is 3.98. The number of anilines is 2. The number of aromatic nitrogens is 3. The van der Waals surface area contributed by atoms with Crippen molar-refractivity contribution >= 4 is 44.2 Å². The van der Waals surface area contributed by atoms with Crippen LogP contribution in [0.1, 0.15) is 10.5 Å². The van der Waals surface area contributed by atoms with E-state index in [1.165, 1.54) is 0 Å². The lowest BCUT2D eigenvalue weighted by Gasteiger charge is -2.06. The van der Waals surface area contributed by atoms with Crippen molar-refractivity contribution in [2.45, 2.75) is 0 Å². The van der Waals surface area contributed by atoms with Crippen molar-refractivity contribution in [1.82, 2.24) is 15.3 Å². The molecule has 7 nitrogen and oxygen atoms in total. The van der Waals surface area contributed by atoms with Crippen LogP contribution >= 0.6 is 15.9 Å². The maximum Gasteiger partial charge on any atom is 0.281 e. The topological polar surface area (TPSA) is 107 Å².